The van der Waals surface area contributed by atoms with Crippen LogP contribution in [0.1, 0.15) is 24.8 Å². The Balaban J connectivity index is 1.49. The van der Waals surface area contributed by atoms with E-state index in [-0.39, 0.29) is 17.2 Å². The smallest absolute Gasteiger partial charge is 0.243 e. The van der Waals surface area contributed by atoms with E-state index < -0.39 is 10.0 Å². The van der Waals surface area contributed by atoms with Gasteiger partial charge < -0.3 is 10.1 Å². The standard InChI is InChI=1S/C21H24N6O4S/c1-31-20-10-9-18(32(29,30)26-11-3-2-4-12-26)14-19(20)23-21(28)13-16-5-7-17(8-6-16)27-15-22-24-25-27/h5-10,14-15H,2-4,11-13H2,1H3,(H,23,28). The second-order valence-electron chi connectivity index (χ2n) is 7.47. The summed E-state index contributed by atoms with van der Waals surface area (Å²) < 4.78 is 34.3. The molecule has 10 nitrogen and oxygen atoms in total. The van der Waals surface area contributed by atoms with E-state index in [1.165, 1.54) is 34.6 Å². The van der Waals surface area contributed by atoms with Gasteiger partial charge in [-0.25, -0.2) is 13.1 Å². The molecule has 0 saturated carbocycles. The Morgan fingerprint density at radius 2 is 1.84 bits per heavy atom. The number of methoxy groups -OCH3 is 1. The summed E-state index contributed by atoms with van der Waals surface area (Å²) in [6.45, 7) is 1.02. The maximum Gasteiger partial charge on any atom is 0.243 e. The molecule has 1 aromatic heterocycles. The van der Waals surface area contributed by atoms with Crippen molar-refractivity contribution in [3.63, 3.8) is 0 Å². The van der Waals surface area contributed by atoms with Gasteiger partial charge in [0.25, 0.3) is 0 Å². The van der Waals surface area contributed by atoms with Gasteiger partial charge in [0.1, 0.15) is 12.1 Å². The third-order valence-electron chi connectivity index (χ3n) is 5.31. The molecule has 4 rings (SSSR count). The Morgan fingerprint density at radius 3 is 2.50 bits per heavy atom. The SMILES string of the molecule is COc1ccc(S(=O)(=O)N2CCCCC2)cc1NC(=O)Cc1ccc(-n2cnnn2)cc1. The Kier molecular flexibility index (Phi) is 6.47. The van der Waals surface area contributed by atoms with Crippen LogP contribution in [0.2, 0.25) is 0 Å². The van der Waals surface area contributed by atoms with Crippen LogP contribution in [0.5, 0.6) is 5.75 Å². The first-order valence-electron chi connectivity index (χ1n) is 10.3. The van der Waals surface area contributed by atoms with Gasteiger partial charge in [-0.1, -0.05) is 18.6 Å². The summed E-state index contributed by atoms with van der Waals surface area (Å²) in [5.74, 6) is 0.107. The van der Waals surface area contributed by atoms with Crippen molar-refractivity contribution in [3.8, 4) is 11.4 Å². The fourth-order valence-corrected chi connectivity index (χ4v) is 5.17. The predicted octanol–water partition coefficient (Wildman–Crippen LogP) is 2.03. The molecule has 1 N–H and O–H groups in total. The van der Waals surface area contributed by atoms with E-state index in [0.717, 1.165) is 30.5 Å². The summed E-state index contributed by atoms with van der Waals surface area (Å²) >= 11 is 0. The highest BCUT2D eigenvalue weighted by atomic mass is 32.2. The molecule has 0 spiro atoms. The van der Waals surface area contributed by atoms with Gasteiger partial charge in [0, 0.05) is 13.1 Å². The second-order valence-corrected chi connectivity index (χ2v) is 9.41. The number of piperidine rings is 1. The van der Waals surface area contributed by atoms with E-state index in [1.54, 1.807) is 6.07 Å². The van der Waals surface area contributed by atoms with E-state index in [9.17, 15) is 13.2 Å². The molecule has 168 valence electrons. The number of hydrogen-bond acceptors (Lipinski definition) is 7. The average Bonchev–Trinajstić information content (AvgIpc) is 3.35. The van der Waals surface area contributed by atoms with Crippen LogP contribution < -0.4 is 10.1 Å². The molecule has 0 aliphatic carbocycles. The van der Waals surface area contributed by atoms with Crippen molar-refractivity contribution in [2.45, 2.75) is 30.6 Å². The largest absolute Gasteiger partial charge is 0.495 e. The zero-order valence-corrected chi connectivity index (χ0v) is 18.5. The third kappa shape index (κ3) is 4.78. The van der Waals surface area contributed by atoms with Crippen LogP contribution >= 0.6 is 0 Å². The third-order valence-corrected chi connectivity index (χ3v) is 7.21. The van der Waals surface area contributed by atoms with Crippen molar-refractivity contribution in [1.82, 2.24) is 24.5 Å². The van der Waals surface area contributed by atoms with Crippen LogP contribution in [0.4, 0.5) is 5.69 Å². The maximum absolute atomic E-state index is 13.0. The van der Waals surface area contributed by atoms with Gasteiger partial charge in [-0.15, -0.1) is 5.10 Å². The lowest BCUT2D eigenvalue weighted by molar-refractivity contribution is -0.115. The normalized spacial score (nSPS) is 14.8. The predicted molar refractivity (Wildman–Crippen MR) is 117 cm³/mol. The summed E-state index contributed by atoms with van der Waals surface area (Å²) in [6, 6.07) is 11.8. The fraction of sp³-hybridized carbons (Fsp3) is 0.333. The van der Waals surface area contributed by atoms with Crippen LogP contribution in [-0.2, 0) is 21.2 Å². The molecular weight excluding hydrogens is 432 g/mol. The second kappa shape index (κ2) is 9.45. The number of hydrogen-bond donors (Lipinski definition) is 1. The van der Waals surface area contributed by atoms with E-state index in [4.69, 9.17) is 4.74 Å². The van der Waals surface area contributed by atoms with Crippen LogP contribution in [0.3, 0.4) is 0 Å². The lowest BCUT2D eigenvalue weighted by Gasteiger charge is -2.26. The number of amides is 1. The highest BCUT2D eigenvalue weighted by Gasteiger charge is 2.27. The van der Waals surface area contributed by atoms with Gasteiger partial charge in [0.05, 0.1) is 29.8 Å². The summed E-state index contributed by atoms with van der Waals surface area (Å²) in [6.07, 6.45) is 4.34. The molecule has 0 unspecified atom stereocenters. The minimum Gasteiger partial charge on any atom is -0.495 e. The zero-order valence-electron chi connectivity index (χ0n) is 17.6. The van der Waals surface area contributed by atoms with Crippen LogP contribution in [0, 0.1) is 0 Å². The van der Waals surface area contributed by atoms with Crippen LogP contribution in [-0.4, -0.2) is 59.0 Å². The highest BCUT2D eigenvalue weighted by molar-refractivity contribution is 7.89. The highest BCUT2D eigenvalue weighted by Crippen LogP contribution is 2.30. The molecule has 1 aliphatic heterocycles. The molecule has 0 radical (unpaired) electrons. The monoisotopic (exact) mass is 456 g/mol. The summed E-state index contributed by atoms with van der Waals surface area (Å²) in [5.41, 5.74) is 1.88. The minimum atomic E-state index is -3.62. The summed E-state index contributed by atoms with van der Waals surface area (Å²) in [7, 11) is -2.15. The summed E-state index contributed by atoms with van der Waals surface area (Å²) in [5, 5.41) is 13.8. The number of nitrogens with zero attached hydrogens (tertiary/aromatic N) is 5. The Bertz CT molecular complexity index is 1170. The quantitative estimate of drug-likeness (QED) is 0.578. The molecule has 2 aromatic carbocycles. The first-order valence-corrected chi connectivity index (χ1v) is 11.7. The average molecular weight is 457 g/mol. The molecular formula is C21H24N6O4S. The van der Waals surface area contributed by atoms with Crippen molar-refractivity contribution in [1.29, 1.82) is 0 Å². The van der Waals surface area contributed by atoms with Gasteiger partial charge in [-0.05, 0) is 59.2 Å². The van der Waals surface area contributed by atoms with Crippen molar-refractivity contribution in [2.75, 3.05) is 25.5 Å². The van der Waals surface area contributed by atoms with E-state index in [2.05, 4.69) is 20.8 Å². The fourth-order valence-electron chi connectivity index (χ4n) is 3.63. The van der Waals surface area contributed by atoms with Gasteiger partial charge in [0.2, 0.25) is 15.9 Å². The maximum atomic E-state index is 13.0. The molecule has 1 amide bonds. The Labute approximate surface area is 186 Å². The number of ether oxygens (including phenoxy) is 1. The molecule has 32 heavy (non-hydrogen) atoms. The van der Waals surface area contributed by atoms with Gasteiger partial charge in [0.15, 0.2) is 0 Å². The van der Waals surface area contributed by atoms with E-state index >= 15 is 0 Å². The van der Waals surface area contributed by atoms with Gasteiger partial charge >= 0.3 is 0 Å². The lowest BCUT2D eigenvalue weighted by Crippen LogP contribution is -2.35. The van der Waals surface area contributed by atoms with E-state index in [0.29, 0.717) is 24.5 Å². The number of aromatic nitrogens is 4. The first-order chi connectivity index (χ1) is 15.5. The van der Waals surface area contributed by atoms with Gasteiger partial charge in [-0.3, -0.25) is 4.79 Å². The number of rotatable bonds is 7. The van der Waals surface area contributed by atoms with Crippen LogP contribution in [0.25, 0.3) is 5.69 Å². The zero-order chi connectivity index (χ0) is 22.6. The molecule has 0 bridgehead atoms. The first kappa shape index (κ1) is 21.9. The van der Waals surface area contributed by atoms with Crippen molar-refractivity contribution in [2.24, 2.45) is 0 Å². The Morgan fingerprint density at radius 1 is 1.09 bits per heavy atom. The molecule has 3 aromatic rings. The number of nitrogens with one attached hydrogen (secondary N) is 1. The number of carbonyl (C=O) groups is 1. The van der Waals surface area contributed by atoms with Crippen molar-refractivity contribution in [3.05, 3.63) is 54.4 Å². The summed E-state index contributed by atoms with van der Waals surface area (Å²) in [4.78, 5) is 12.8. The van der Waals surface area contributed by atoms with E-state index in [1.807, 2.05) is 24.3 Å². The van der Waals surface area contributed by atoms with Crippen LogP contribution in [0.15, 0.2) is 53.7 Å². The number of carbonyl (C=O) groups excluding carboxylic acids is 1. The van der Waals surface area contributed by atoms with Gasteiger partial charge in [-0.2, -0.15) is 4.31 Å². The molecule has 0 atom stereocenters. The number of tetrazole rings is 1. The molecule has 1 fully saturated rings. The molecule has 1 saturated heterocycles. The topological polar surface area (TPSA) is 119 Å². The number of sulfonamides is 1. The number of anilines is 1. The molecule has 2 heterocycles. The molecule has 1 aliphatic rings. The van der Waals surface area contributed by atoms with Crippen molar-refractivity contribution < 1.29 is 17.9 Å². The number of benzene rings is 2. The molecule has 11 heteroatoms. The minimum absolute atomic E-state index is 0.113. The Hall–Kier alpha value is -3.31. The van der Waals surface area contributed by atoms with Crippen molar-refractivity contribution >= 4 is 21.6 Å². The lowest BCUT2D eigenvalue weighted by atomic mass is 10.1.